The minimum Gasteiger partial charge on any atom is -0.461 e. The smallest absolute Gasteiger partial charge is 0.357 e. The van der Waals surface area contributed by atoms with Crippen molar-refractivity contribution in [3.63, 3.8) is 0 Å². The first kappa shape index (κ1) is 13.2. The third-order valence-corrected chi connectivity index (χ3v) is 3.05. The molecule has 0 saturated carbocycles. The zero-order valence-electron chi connectivity index (χ0n) is 9.92. The molecule has 5 heteroatoms. The molecule has 0 aliphatic carbocycles. The van der Waals surface area contributed by atoms with Gasteiger partial charge in [0, 0.05) is 6.54 Å². The third-order valence-electron chi connectivity index (χ3n) is 2.22. The van der Waals surface area contributed by atoms with Gasteiger partial charge in [0.1, 0.15) is 0 Å². The topological polar surface area (TPSA) is 44.1 Å². The number of aryl methyl sites for hydroxylation is 2. The van der Waals surface area contributed by atoms with Crippen molar-refractivity contribution in [2.45, 2.75) is 40.2 Å². The van der Waals surface area contributed by atoms with E-state index in [2.05, 4.69) is 28.0 Å². The van der Waals surface area contributed by atoms with Crippen LogP contribution in [0, 0.1) is 0 Å². The van der Waals surface area contributed by atoms with E-state index < -0.39 is 0 Å². The van der Waals surface area contributed by atoms with Crippen LogP contribution in [0.5, 0.6) is 0 Å². The summed E-state index contributed by atoms with van der Waals surface area (Å²) in [6.07, 6.45) is 1.86. The summed E-state index contributed by atoms with van der Waals surface area (Å²) in [7, 11) is 0. The van der Waals surface area contributed by atoms with Gasteiger partial charge in [-0.15, -0.1) is 0 Å². The molecule has 90 valence electrons. The fourth-order valence-corrected chi connectivity index (χ4v) is 2.15. The average molecular weight is 289 g/mol. The van der Waals surface area contributed by atoms with Crippen LogP contribution in [-0.2, 0) is 17.7 Å². The first-order chi connectivity index (χ1) is 7.65. The molecule has 0 unspecified atom stereocenters. The van der Waals surface area contributed by atoms with Crippen LogP contribution >= 0.6 is 15.9 Å². The van der Waals surface area contributed by atoms with E-state index in [0.29, 0.717) is 18.8 Å². The fraction of sp³-hybridized carbons (Fsp3) is 0.636. The van der Waals surface area contributed by atoms with Gasteiger partial charge in [0.05, 0.1) is 16.8 Å². The van der Waals surface area contributed by atoms with Crippen LogP contribution < -0.4 is 0 Å². The number of carbonyl (C=O) groups is 1. The maximum atomic E-state index is 11.7. The molecular weight excluding hydrogens is 272 g/mol. The zero-order chi connectivity index (χ0) is 12.1. The number of aromatic nitrogens is 2. The highest BCUT2D eigenvalue weighted by atomic mass is 79.9. The molecule has 0 fully saturated rings. The molecule has 1 heterocycles. The molecule has 0 spiro atoms. The maximum Gasteiger partial charge on any atom is 0.357 e. The largest absolute Gasteiger partial charge is 0.461 e. The van der Waals surface area contributed by atoms with Crippen LogP contribution in [0.3, 0.4) is 0 Å². The highest BCUT2D eigenvalue weighted by Crippen LogP contribution is 2.23. The van der Waals surface area contributed by atoms with Gasteiger partial charge in [-0.05, 0) is 36.2 Å². The van der Waals surface area contributed by atoms with E-state index in [4.69, 9.17) is 4.74 Å². The van der Waals surface area contributed by atoms with Crippen LogP contribution in [0.1, 0.15) is 43.4 Å². The highest BCUT2D eigenvalue weighted by molar-refractivity contribution is 9.10. The van der Waals surface area contributed by atoms with Crippen molar-refractivity contribution in [1.82, 2.24) is 9.78 Å². The SMILES string of the molecule is CCCc1nn(CC)c(C(=O)OCC)c1Br. The lowest BCUT2D eigenvalue weighted by molar-refractivity contribution is 0.0511. The van der Waals surface area contributed by atoms with E-state index >= 15 is 0 Å². The molecule has 1 rings (SSSR count). The number of hydrogen-bond donors (Lipinski definition) is 0. The van der Waals surface area contributed by atoms with Crippen LogP contribution in [0.4, 0.5) is 0 Å². The molecule has 16 heavy (non-hydrogen) atoms. The fourth-order valence-electron chi connectivity index (χ4n) is 1.51. The molecular formula is C11H17BrN2O2. The maximum absolute atomic E-state index is 11.7. The zero-order valence-corrected chi connectivity index (χ0v) is 11.5. The van der Waals surface area contributed by atoms with Crippen molar-refractivity contribution in [3.05, 3.63) is 15.9 Å². The summed E-state index contributed by atoms with van der Waals surface area (Å²) in [5, 5.41) is 4.39. The van der Waals surface area contributed by atoms with E-state index in [1.54, 1.807) is 11.6 Å². The summed E-state index contributed by atoms with van der Waals surface area (Å²) in [5.41, 5.74) is 1.44. The summed E-state index contributed by atoms with van der Waals surface area (Å²) in [6, 6.07) is 0. The highest BCUT2D eigenvalue weighted by Gasteiger charge is 2.21. The van der Waals surface area contributed by atoms with Gasteiger partial charge in [0.2, 0.25) is 0 Å². The van der Waals surface area contributed by atoms with Crippen molar-refractivity contribution in [2.75, 3.05) is 6.61 Å². The van der Waals surface area contributed by atoms with Gasteiger partial charge in [-0.2, -0.15) is 5.10 Å². The van der Waals surface area contributed by atoms with Gasteiger partial charge in [-0.3, -0.25) is 4.68 Å². The Morgan fingerprint density at radius 3 is 2.62 bits per heavy atom. The van der Waals surface area contributed by atoms with E-state index in [1.165, 1.54) is 0 Å². The quantitative estimate of drug-likeness (QED) is 0.783. The van der Waals surface area contributed by atoms with Crippen molar-refractivity contribution >= 4 is 21.9 Å². The molecule has 0 amide bonds. The number of halogens is 1. The Balaban J connectivity index is 3.09. The van der Waals surface area contributed by atoms with Crippen molar-refractivity contribution in [1.29, 1.82) is 0 Å². The number of nitrogens with zero attached hydrogens (tertiary/aromatic N) is 2. The van der Waals surface area contributed by atoms with Crippen molar-refractivity contribution in [3.8, 4) is 0 Å². The molecule has 0 aliphatic rings. The van der Waals surface area contributed by atoms with Gasteiger partial charge in [-0.1, -0.05) is 13.3 Å². The molecule has 1 aromatic rings. The number of ether oxygens (including phenoxy) is 1. The summed E-state index contributed by atoms with van der Waals surface area (Å²) >= 11 is 3.43. The van der Waals surface area contributed by atoms with Crippen LogP contribution in [0.25, 0.3) is 0 Å². The van der Waals surface area contributed by atoms with Gasteiger partial charge >= 0.3 is 5.97 Å². The van der Waals surface area contributed by atoms with Gasteiger partial charge in [0.15, 0.2) is 5.69 Å². The number of hydrogen-bond acceptors (Lipinski definition) is 3. The van der Waals surface area contributed by atoms with Crippen LogP contribution in [0.15, 0.2) is 4.47 Å². The van der Waals surface area contributed by atoms with Crippen molar-refractivity contribution < 1.29 is 9.53 Å². The van der Waals surface area contributed by atoms with E-state index in [0.717, 1.165) is 23.0 Å². The lowest BCUT2D eigenvalue weighted by Gasteiger charge is -2.04. The Kier molecular flexibility index (Phi) is 4.99. The van der Waals surface area contributed by atoms with Gasteiger partial charge < -0.3 is 4.74 Å². The number of carbonyl (C=O) groups excluding carboxylic acids is 1. The Morgan fingerprint density at radius 2 is 2.12 bits per heavy atom. The normalized spacial score (nSPS) is 10.5. The number of esters is 1. The van der Waals surface area contributed by atoms with Crippen LogP contribution in [0.2, 0.25) is 0 Å². The average Bonchev–Trinajstić information content (AvgIpc) is 2.57. The second-order valence-corrected chi connectivity index (χ2v) is 4.19. The van der Waals surface area contributed by atoms with Gasteiger partial charge in [0.25, 0.3) is 0 Å². The van der Waals surface area contributed by atoms with Crippen LogP contribution in [-0.4, -0.2) is 22.4 Å². The lowest BCUT2D eigenvalue weighted by Crippen LogP contribution is -2.12. The molecule has 0 bridgehead atoms. The lowest BCUT2D eigenvalue weighted by atomic mass is 10.2. The minimum atomic E-state index is -0.314. The summed E-state index contributed by atoms with van der Waals surface area (Å²) in [6.45, 7) is 6.88. The first-order valence-electron chi connectivity index (χ1n) is 5.57. The standard InChI is InChI=1S/C11H17BrN2O2/c1-4-7-8-9(12)10(11(15)16-6-3)14(5-2)13-8/h4-7H2,1-3H3. The molecule has 4 nitrogen and oxygen atoms in total. The van der Waals surface area contributed by atoms with E-state index in [9.17, 15) is 4.79 Å². The molecule has 0 saturated heterocycles. The Morgan fingerprint density at radius 1 is 1.44 bits per heavy atom. The minimum absolute atomic E-state index is 0.314. The monoisotopic (exact) mass is 288 g/mol. The molecule has 0 aliphatic heterocycles. The van der Waals surface area contributed by atoms with Gasteiger partial charge in [-0.25, -0.2) is 4.79 Å². The Bertz CT molecular complexity index is 374. The van der Waals surface area contributed by atoms with E-state index in [-0.39, 0.29) is 5.97 Å². The number of rotatable bonds is 5. The Hall–Kier alpha value is -0.840. The van der Waals surface area contributed by atoms with Crippen molar-refractivity contribution in [2.24, 2.45) is 0 Å². The Labute approximate surface area is 104 Å². The second-order valence-electron chi connectivity index (χ2n) is 3.40. The molecule has 0 radical (unpaired) electrons. The summed E-state index contributed by atoms with van der Waals surface area (Å²) in [5.74, 6) is -0.314. The first-order valence-corrected chi connectivity index (χ1v) is 6.37. The predicted octanol–water partition coefficient (Wildman–Crippen LogP) is 2.79. The molecule has 0 N–H and O–H groups in total. The predicted molar refractivity (Wildman–Crippen MR) is 65.6 cm³/mol. The molecule has 0 aromatic carbocycles. The summed E-state index contributed by atoms with van der Waals surface area (Å²) in [4.78, 5) is 11.7. The third kappa shape index (κ3) is 2.64. The molecule has 0 atom stereocenters. The van der Waals surface area contributed by atoms with E-state index in [1.807, 2.05) is 6.92 Å². The molecule has 1 aromatic heterocycles. The second kappa shape index (κ2) is 6.03. The summed E-state index contributed by atoms with van der Waals surface area (Å²) < 4.78 is 7.47.